The first-order valence-corrected chi connectivity index (χ1v) is 8.68. The molecule has 0 atom stereocenters. The summed E-state index contributed by atoms with van der Waals surface area (Å²) < 4.78 is 1.23. The van der Waals surface area contributed by atoms with Gasteiger partial charge in [0.25, 0.3) is 0 Å². The van der Waals surface area contributed by atoms with Gasteiger partial charge in [-0.3, -0.25) is 4.79 Å². The summed E-state index contributed by atoms with van der Waals surface area (Å²) in [6, 6.07) is 8.21. The number of hydrogen-bond donors (Lipinski definition) is 0. The van der Waals surface area contributed by atoms with E-state index in [1.54, 1.807) is 11.3 Å². The summed E-state index contributed by atoms with van der Waals surface area (Å²) in [6.45, 7) is 5.93. The van der Waals surface area contributed by atoms with Gasteiger partial charge in [0.05, 0.1) is 15.2 Å². The highest BCUT2D eigenvalue weighted by Gasteiger charge is 2.11. The fourth-order valence-corrected chi connectivity index (χ4v) is 3.39. The van der Waals surface area contributed by atoms with Gasteiger partial charge in [-0.15, -0.1) is 11.3 Å². The van der Waals surface area contributed by atoms with Crippen molar-refractivity contribution in [3.63, 3.8) is 0 Å². The maximum absolute atomic E-state index is 12.2. The lowest BCUT2D eigenvalue weighted by Crippen LogP contribution is -2.31. The van der Waals surface area contributed by atoms with Gasteiger partial charge in [0.2, 0.25) is 5.91 Å². The number of thiazole rings is 1. The number of unbranched alkanes of at least 4 members (excludes halogenated alkanes) is 1. The standard InChI is InChI=1S/C17H24N2OS/c1-3-5-13-19(4-2)17(20)12-8-11-16-18-14-9-6-7-10-15(14)21-16/h6-7,9-10H,3-5,8,11-13H2,1-2H3. The van der Waals surface area contributed by atoms with E-state index >= 15 is 0 Å². The van der Waals surface area contributed by atoms with Gasteiger partial charge in [-0.1, -0.05) is 25.5 Å². The maximum atomic E-state index is 12.2. The van der Waals surface area contributed by atoms with Crippen LogP contribution >= 0.6 is 11.3 Å². The number of nitrogens with zero attached hydrogens (tertiary/aromatic N) is 2. The fraction of sp³-hybridized carbons (Fsp3) is 0.529. The largest absolute Gasteiger partial charge is 0.343 e. The topological polar surface area (TPSA) is 33.2 Å². The first-order chi connectivity index (χ1) is 10.2. The molecule has 0 saturated heterocycles. The molecule has 0 bridgehead atoms. The highest BCUT2D eigenvalue weighted by Crippen LogP contribution is 2.22. The zero-order chi connectivity index (χ0) is 15.1. The van der Waals surface area contributed by atoms with Gasteiger partial charge >= 0.3 is 0 Å². The first-order valence-electron chi connectivity index (χ1n) is 7.86. The van der Waals surface area contributed by atoms with E-state index in [0.717, 1.165) is 49.3 Å². The summed E-state index contributed by atoms with van der Waals surface area (Å²) in [7, 11) is 0. The summed E-state index contributed by atoms with van der Waals surface area (Å²) >= 11 is 1.74. The molecule has 1 heterocycles. The molecule has 4 heteroatoms. The van der Waals surface area contributed by atoms with Gasteiger partial charge in [-0.25, -0.2) is 4.98 Å². The van der Waals surface area contributed by atoms with Gasteiger partial charge in [-0.2, -0.15) is 0 Å². The Kier molecular flexibility index (Phi) is 6.18. The zero-order valence-electron chi connectivity index (χ0n) is 13.0. The fourth-order valence-electron chi connectivity index (χ4n) is 2.38. The molecule has 3 nitrogen and oxygen atoms in total. The summed E-state index contributed by atoms with van der Waals surface area (Å²) in [6.07, 6.45) is 4.65. The van der Waals surface area contributed by atoms with E-state index in [-0.39, 0.29) is 5.91 Å². The van der Waals surface area contributed by atoms with Crippen LogP contribution in [0.1, 0.15) is 44.5 Å². The predicted octanol–water partition coefficient (Wildman–Crippen LogP) is 4.27. The highest BCUT2D eigenvalue weighted by atomic mass is 32.1. The lowest BCUT2D eigenvalue weighted by molar-refractivity contribution is -0.131. The van der Waals surface area contributed by atoms with Gasteiger partial charge in [0.15, 0.2) is 0 Å². The molecule has 21 heavy (non-hydrogen) atoms. The van der Waals surface area contributed by atoms with Crippen LogP contribution < -0.4 is 0 Å². The number of fused-ring (bicyclic) bond motifs is 1. The highest BCUT2D eigenvalue weighted by molar-refractivity contribution is 7.18. The third kappa shape index (κ3) is 4.53. The average Bonchev–Trinajstić information content (AvgIpc) is 2.90. The third-order valence-corrected chi connectivity index (χ3v) is 4.73. The lowest BCUT2D eigenvalue weighted by atomic mass is 10.2. The number of benzene rings is 1. The molecule has 0 spiro atoms. The molecular formula is C17H24N2OS. The second-order valence-electron chi connectivity index (χ2n) is 5.26. The molecule has 0 N–H and O–H groups in total. The Balaban J connectivity index is 1.81. The minimum Gasteiger partial charge on any atom is -0.343 e. The number of carbonyl (C=O) groups is 1. The van der Waals surface area contributed by atoms with Crippen molar-refractivity contribution in [2.24, 2.45) is 0 Å². The van der Waals surface area contributed by atoms with E-state index < -0.39 is 0 Å². The van der Waals surface area contributed by atoms with Crippen molar-refractivity contribution in [1.29, 1.82) is 0 Å². The van der Waals surface area contributed by atoms with Crippen LogP contribution in [0.2, 0.25) is 0 Å². The molecule has 1 aromatic carbocycles. The number of para-hydroxylation sites is 1. The maximum Gasteiger partial charge on any atom is 0.222 e. The van der Waals surface area contributed by atoms with Crippen LogP contribution in [0.25, 0.3) is 10.2 Å². The molecular weight excluding hydrogens is 280 g/mol. The Morgan fingerprint density at radius 3 is 2.76 bits per heavy atom. The van der Waals surface area contributed by atoms with Crippen LogP contribution in [0.4, 0.5) is 0 Å². The molecule has 0 aliphatic heterocycles. The molecule has 0 saturated carbocycles. The van der Waals surface area contributed by atoms with E-state index in [2.05, 4.69) is 24.9 Å². The molecule has 0 fully saturated rings. The number of aromatic nitrogens is 1. The Bertz CT molecular complexity index is 546. The minimum absolute atomic E-state index is 0.284. The van der Waals surface area contributed by atoms with Crippen molar-refractivity contribution in [2.75, 3.05) is 13.1 Å². The lowest BCUT2D eigenvalue weighted by Gasteiger charge is -2.20. The Hall–Kier alpha value is -1.42. The summed E-state index contributed by atoms with van der Waals surface area (Å²) in [4.78, 5) is 18.7. The SMILES string of the molecule is CCCCN(CC)C(=O)CCCc1nc2ccccc2s1. The van der Waals surface area contributed by atoms with E-state index in [4.69, 9.17) is 0 Å². The molecule has 1 aromatic heterocycles. The van der Waals surface area contributed by atoms with Crippen LogP contribution in [0, 0.1) is 0 Å². The van der Waals surface area contributed by atoms with Crippen LogP contribution in [0.5, 0.6) is 0 Å². The number of aryl methyl sites for hydroxylation is 1. The summed E-state index contributed by atoms with van der Waals surface area (Å²) in [5.74, 6) is 0.284. The molecule has 1 amide bonds. The summed E-state index contributed by atoms with van der Waals surface area (Å²) in [5, 5.41) is 1.14. The van der Waals surface area contributed by atoms with Crippen molar-refractivity contribution in [2.45, 2.75) is 46.0 Å². The van der Waals surface area contributed by atoms with Crippen molar-refractivity contribution in [3.05, 3.63) is 29.3 Å². The molecule has 0 unspecified atom stereocenters. The normalized spacial score (nSPS) is 11.0. The minimum atomic E-state index is 0.284. The van der Waals surface area contributed by atoms with E-state index in [1.807, 2.05) is 23.1 Å². The summed E-state index contributed by atoms with van der Waals surface area (Å²) in [5.41, 5.74) is 1.07. The molecule has 0 aliphatic carbocycles. The Morgan fingerprint density at radius 2 is 2.05 bits per heavy atom. The Morgan fingerprint density at radius 1 is 1.24 bits per heavy atom. The second-order valence-corrected chi connectivity index (χ2v) is 6.37. The number of rotatable bonds is 8. The van der Waals surface area contributed by atoms with Gasteiger partial charge in [-0.05, 0) is 38.3 Å². The number of amides is 1. The van der Waals surface area contributed by atoms with E-state index in [1.165, 1.54) is 4.70 Å². The van der Waals surface area contributed by atoms with Crippen molar-refractivity contribution in [1.82, 2.24) is 9.88 Å². The van der Waals surface area contributed by atoms with E-state index in [0.29, 0.717) is 6.42 Å². The van der Waals surface area contributed by atoms with Crippen LogP contribution in [-0.2, 0) is 11.2 Å². The van der Waals surface area contributed by atoms with Crippen molar-refractivity contribution < 1.29 is 4.79 Å². The molecule has 2 rings (SSSR count). The third-order valence-electron chi connectivity index (χ3n) is 3.64. The first kappa shape index (κ1) is 16.0. The van der Waals surface area contributed by atoms with Gasteiger partial charge in [0.1, 0.15) is 0 Å². The predicted molar refractivity (Wildman–Crippen MR) is 89.7 cm³/mol. The van der Waals surface area contributed by atoms with Gasteiger partial charge < -0.3 is 4.90 Å². The smallest absolute Gasteiger partial charge is 0.222 e. The monoisotopic (exact) mass is 304 g/mol. The number of carbonyl (C=O) groups excluding carboxylic acids is 1. The molecule has 114 valence electrons. The average molecular weight is 304 g/mol. The molecule has 0 radical (unpaired) electrons. The van der Waals surface area contributed by atoms with Gasteiger partial charge in [0, 0.05) is 19.5 Å². The van der Waals surface area contributed by atoms with Crippen LogP contribution in [0.3, 0.4) is 0 Å². The molecule has 0 aliphatic rings. The second kappa shape index (κ2) is 8.13. The van der Waals surface area contributed by atoms with Crippen LogP contribution in [0.15, 0.2) is 24.3 Å². The Labute approximate surface area is 131 Å². The van der Waals surface area contributed by atoms with Crippen molar-refractivity contribution >= 4 is 27.5 Å². The van der Waals surface area contributed by atoms with Crippen molar-refractivity contribution in [3.8, 4) is 0 Å². The zero-order valence-corrected chi connectivity index (χ0v) is 13.8. The molecule has 2 aromatic rings. The number of hydrogen-bond acceptors (Lipinski definition) is 3. The van der Waals surface area contributed by atoms with E-state index in [9.17, 15) is 4.79 Å². The quantitative estimate of drug-likeness (QED) is 0.730. The van der Waals surface area contributed by atoms with Crippen LogP contribution in [-0.4, -0.2) is 28.9 Å².